The molecule has 0 bridgehead atoms. The van der Waals surface area contributed by atoms with Gasteiger partial charge in [0.15, 0.2) is 5.13 Å². The number of rotatable bonds is 5. The molecule has 4 aromatic rings. The van der Waals surface area contributed by atoms with Crippen molar-refractivity contribution < 1.29 is 0 Å². The highest BCUT2D eigenvalue weighted by Gasteiger charge is 2.21. The molecule has 0 saturated carbocycles. The SMILES string of the molecule is Cc1[nH]c2ccccc2c1[C@@H](Nc1nccs1)c1ccc(C(C)C)cc1. The van der Waals surface area contributed by atoms with E-state index in [0.717, 1.165) is 5.13 Å². The molecule has 2 aromatic heterocycles. The van der Waals surface area contributed by atoms with Crippen molar-refractivity contribution in [3.63, 3.8) is 0 Å². The zero-order valence-electron chi connectivity index (χ0n) is 15.3. The first-order chi connectivity index (χ1) is 12.6. The van der Waals surface area contributed by atoms with Crippen molar-refractivity contribution in [1.82, 2.24) is 9.97 Å². The van der Waals surface area contributed by atoms with Crippen LogP contribution in [0.5, 0.6) is 0 Å². The molecule has 0 unspecified atom stereocenters. The van der Waals surface area contributed by atoms with Gasteiger partial charge in [-0.25, -0.2) is 4.98 Å². The maximum atomic E-state index is 4.44. The van der Waals surface area contributed by atoms with E-state index in [1.54, 1.807) is 11.3 Å². The van der Waals surface area contributed by atoms with Crippen molar-refractivity contribution >= 4 is 27.4 Å². The highest BCUT2D eigenvalue weighted by atomic mass is 32.1. The van der Waals surface area contributed by atoms with E-state index in [1.165, 1.54) is 33.3 Å². The zero-order chi connectivity index (χ0) is 18.1. The summed E-state index contributed by atoms with van der Waals surface area (Å²) in [5.74, 6) is 0.532. The summed E-state index contributed by atoms with van der Waals surface area (Å²) in [6, 6.07) is 17.5. The van der Waals surface area contributed by atoms with E-state index in [2.05, 4.69) is 84.6 Å². The lowest BCUT2D eigenvalue weighted by molar-refractivity contribution is 0.860. The van der Waals surface area contributed by atoms with Crippen LogP contribution >= 0.6 is 11.3 Å². The number of aromatic nitrogens is 2. The van der Waals surface area contributed by atoms with Gasteiger partial charge in [0.1, 0.15) is 0 Å². The van der Waals surface area contributed by atoms with Crippen molar-refractivity contribution in [3.05, 3.63) is 82.5 Å². The Bertz CT molecular complexity index is 998. The molecule has 2 N–H and O–H groups in total. The lowest BCUT2D eigenvalue weighted by Crippen LogP contribution is -2.13. The molecule has 4 heteroatoms. The van der Waals surface area contributed by atoms with Gasteiger partial charge in [0.05, 0.1) is 6.04 Å². The summed E-state index contributed by atoms with van der Waals surface area (Å²) in [5, 5.41) is 7.84. The molecule has 0 saturated heterocycles. The zero-order valence-corrected chi connectivity index (χ0v) is 16.1. The molecular formula is C22H23N3S. The molecule has 0 spiro atoms. The third-order valence-corrected chi connectivity index (χ3v) is 5.57. The van der Waals surface area contributed by atoms with Crippen LogP contribution in [-0.2, 0) is 0 Å². The minimum Gasteiger partial charge on any atom is -0.358 e. The minimum absolute atomic E-state index is 0.0542. The van der Waals surface area contributed by atoms with Gasteiger partial charge in [0.2, 0.25) is 0 Å². The maximum Gasteiger partial charge on any atom is 0.183 e. The Balaban J connectivity index is 1.83. The van der Waals surface area contributed by atoms with Gasteiger partial charge in [-0.15, -0.1) is 11.3 Å². The van der Waals surface area contributed by atoms with Crippen LogP contribution in [0, 0.1) is 6.92 Å². The number of H-pyrrole nitrogens is 1. The van der Waals surface area contributed by atoms with Gasteiger partial charge in [0.25, 0.3) is 0 Å². The first-order valence-electron chi connectivity index (χ1n) is 8.96. The summed E-state index contributed by atoms with van der Waals surface area (Å²) in [6.45, 7) is 6.60. The summed E-state index contributed by atoms with van der Waals surface area (Å²) < 4.78 is 0. The Morgan fingerprint density at radius 3 is 2.42 bits per heavy atom. The van der Waals surface area contributed by atoms with Gasteiger partial charge >= 0.3 is 0 Å². The van der Waals surface area contributed by atoms with Crippen LogP contribution in [0.25, 0.3) is 10.9 Å². The second-order valence-electron chi connectivity index (χ2n) is 6.95. The normalized spacial score (nSPS) is 12.6. The van der Waals surface area contributed by atoms with Gasteiger partial charge in [0, 0.05) is 33.7 Å². The molecule has 2 heterocycles. The van der Waals surface area contributed by atoms with Crippen molar-refractivity contribution in [2.45, 2.75) is 32.7 Å². The topological polar surface area (TPSA) is 40.7 Å². The molecular weight excluding hydrogens is 338 g/mol. The van der Waals surface area contributed by atoms with Gasteiger partial charge in [-0.05, 0) is 30.0 Å². The Labute approximate surface area is 158 Å². The van der Waals surface area contributed by atoms with E-state index < -0.39 is 0 Å². The van der Waals surface area contributed by atoms with Gasteiger partial charge in [-0.2, -0.15) is 0 Å². The molecule has 0 amide bonds. The average molecular weight is 362 g/mol. The lowest BCUT2D eigenvalue weighted by Gasteiger charge is -2.20. The number of nitrogens with one attached hydrogen (secondary N) is 2. The van der Waals surface area contributed by atoms with Crippen LogP contribution in [0.4, 0.5) is 5.13 Å². The number of aryl methyl sites for hydroxylation is 1. The van der Waals surface area contributed by atoms with Crippen LogP contribution < -0.4 is 5.32 Å². The molecule has 3 nitrogen and oxygen atoms in total. The number of benzene rings is 2. The summed E-state index contributed by atoms with van der Waals surface area (Å²) in [6.07, 6.45) is 1.84. The molecule has 0 aliphatic heterocycles. The highest BCUT2D eigenvalue weighted by Crippen LogP contribution is 2.35. The van der Waals surface area contributed by atoms with Gasteiger partial charge in [-0.3, -0.25) is 0 Å². The summed E-state index contributed by atoms with van der Waals surface area (Å²) in [7, 11) is 0. The third kappa shape index (κ3) is 3.13. The van der Waals surface area contributed by atoms with E-state index in [1.807, 2.05) is 11.6 Å². The van der Waals surface area contributed by atoms with Crippen LogP contribution in [0.15, 0.2) is 60.1 Å². The van der Waals surface area contributed by atoms with E-state index >= 15 is 0 Å². The van der Waals surface area contributed by atoms with Crippen molar-refractivity contribution in [3.8, 4) is 0 Å². The fourth-order valence-corrected chi connectivity index (χ4v) is 4.04. The van der Waals surface area contributed by atoms with E-state index in [-0.39, 0.29) is 6.04 Å². The number of hydrogen-bond donors (Lipinski definition) is 2. The van der Waals surface area contributed by atoms with Gasteiger partial charge in [-0.1, -0.05) is 56.3 Å². The van der Waals surface area contributed by atoms with Crippen LogP contribution in [0.3, 0.4) is 0 Å². The second-order valence-corrected chi connectivity index (χ2v) is 7.84. The molecule has 2 aromatic carbocycles. The van der Waals surface area contributed by atoms with E-state index in [0.29, 0.717) is 5.92 Å². The Hall–Kier alpha value is -2.59. The van der Waals surface area contributed by atoms with Gasteiger partial charge < -0.3 is 10.3 Å². The summed E-state index contributed by atoms with van der Waals surface area (Å²) in [4.78, 5) is 7.97. The molecule has 4 rings (SSSR count). The minimum atomic E-state index is 0.0542. The monoisotopic (exact) mass is 361 g/mol. The van der Waals surface area contributed by atoms with Crippen molar-refractivity contribution in [1.29, 1.82) is 0 Å². The fourth-order valence-electron chi connectivity index (χ4n) is 3.48. The van der Waals surface area contributed by atoms with E-state index in [9.17, 15) is 0 Å². The Morgan fingerprint density at radius 1 is 1.00 bits per heavy atom. The first kappa shape index (κ1) is 16.9. The number of para-hydroxylation sites is 1. The Morgan fingerprint density at radius 2 is 1.73 bits per heavy atom. The predicted molar refractivity (Wildman–Crippen MR) is 111 cm³/mol. The molecule has 0 aliphatic rings. The number of fused-ring (bicyclic) bond motifs is 1. The number of anilines is 1. The maximum absolute atomic E-state index is 4.44. The number of aromatic amines is 1. The van der Waals surface area contributed by atoms with Crippen LogP contribution in [0.2, 0.25) is 0 Å². The number of thiazole rings is 1. The quantitative estimate of drug-likeness (QED) is 0.440. The fraction of sp³-hybridized carbons (Fsp3) is 0.227. The molecule has 0 fully saturated rings. The Kier molecular flexibility index (Phi) is 4.51. The molecule has 132 valence electrons. The van der Waals surface area contributed by atoms with Crippen molar-refractivity contribution in [2.75, 3.05) is 5.32 Å². The summed E-state index contributed by atoms with van der Waals surface area (Å²) in [5.41, 5.74) is 6.25. The number of nitrogens with zero attached hydrogens (tertiary/aromatic N) is 1. The third-order valence-electron chi connectivity index (χ3n) is 4.87. The molecule has 0 radical (unpaired) electrons. The second kappa shape index (κ2) is 6.96. The first-order valence-corrected chi connectivity index (χ1v) is 9.84. The smallest absolute Gasteiger partial charge is 0.183 e. The van der Waals surface area contributed by atoms with Crippen molar-refractivity contribution in [2.24, 2.45) is 0 Å². The standard InChI is InChI=1S/C22H23N3S/c1-14(2)16-8-10-17(11-9-16)21(25-22-23-12-13-26-22)20-15(3)24-19-7-5-4-6-18(19)20/h4-14,21,24H,1-3H3,(H,23,25)/t21-/m0/s1. The summed E-state index contributed by atoms with van der Waals surface area (Å²) >= 11 is 1.63. The van der Waals surface area contributed by atoms with E-state index in [4.69, 9.17) is 0 Å². The highest BCUT2D eigenvalue weighted by molar-refractivity contribution is 7.13. The number of hydrogen-bond acceptors (Lipinski definition) is 3. The van der Waals surface area contributed by atoms with Crippen LogP contribution in [-0.4, -0.2) is 9.97 Å². The predicted octanol–water partition coefficient (Wildman–Crippen LogP) is 6.26. The van der Waals surface area contributed by atoms with Crippen LogP contribution in [0.1, 0.15) is 48.2 Å². The largest absolute Gasteiger partial charge is 0.358 e. The molecule has 0 aliphatic carbocycles. The lowest BCUT2D eigenvalue weighted by atomic mass is 9.93. The molecule has 1 atom stereocenters. The molecule has 26 heavy (non-hydrogen) atoms. The average Bonchev–Trinajstić information content (AvgIpc) is 3.26.